The zero-order valence-corrected chi connectivity index (χ0v) is 10.9. The van der Waals surface area contributed by atoms with Gasteiger partial charge in [0, 0.05) is 17.1 Å². The first-order valence-corrected chi connectivity index (χ1v) is 6.41. The predicted molar refractivity (Wildman–Crippen MR) is 72.9 cm³/mol. The fourth-order valence-corrected chi connectivity index (χ4v) is 2.59. The molecular weight excluding hydrogens is 226 g/mol. The largest absolute Gasteiger partial charge is 0.481 e. The van der Waals surface area contributed by atoms with Gasteiger partial charge < -0.3 is 10.1 Å². The van der Waals surface area contributed by atoms with Crippen LogP contribution >= 0.6 is 0 Å². The van der Waals surface area contributed by atoms with Crippen LogP contribution in [0.3, 0.4) is 0 Å². The average molecular weight is 245 g/mol. The number of fused-ring (bicyclic) bond motifs is 1. The number of carboxylic acids is 1. The molecule has 0 bridgehead atoms. The number of carbonyl (C=O) groups is 1. The summed E-state index contributed by atoms with van der Waals surface area (Å²) < 4.78 is 0. The van der Waals surface area contributed by atoms with Crippen LogP contribution in [0.5, 0.6) is 0 Å². The van der Waals surface area contributed by atoms with Crippen molar-refractivity contribution < 1.29 is 9.90 Å². The zero-order chi connectivity index (χ0) is 13.1. The molecule has 96 valence electrons. The Morgan fingerprint density at radius 1 is 1.44 bits per heavy atom. The van der Waals surface area contributed by atoms with Gasteiger partial charge in [-0.3, -0.25) is 4.79 Å². The number of hydrogen-bond acceptors (Lipinski definition) is 1. The molecule has 2 N–H and O–H groups in total. The summed E-state index contributed by atoms with van der Waals surface area (Å²) in [6.07, 6.45) is 4.08. The van der Waals surface area contributed by atoms with E-state index >= 15 is 0 Å². The van der Waals surface area contributed by atoms with Crippen molar-refractivity contribution in [1.82, 2.24) is 4.98 Å². The molecule has 1 heterocycles. The Morgan fingerprint density at radius 3 is 2.89 bits per heavy atom. The molecule has 0 aliphatic rings. The van der Waals surface area contributed by atoms with Crippen LogP contribution in [0.4, 0.5) is 0 Å². The standard InChI is InChI=1S/C15H19NO2/c1-3-5-11(8-14(17)18)13-9-16-15-10(2)6-4-7-12(13)15/h4,6-7,9,11,16H,3,5,8H2,1-2H3,(H,17,18). The quantitative estimate of drug-likeness (QED) is 0.841. The van der Waals surface area contributed by atoms with Crippen molar-refractivity contribution in [1.29, 1.82) is 0 Å². The third-order valence-corrected chi connectivity index (χ3v) is 3.45. The Bertz CT molecular complexity index is 557. The van der Waals surface area contributed by atoms with Crippen molar-refractivity contribution in [2.45, 2.75) is 39.0 Å². The van der Waals surface area contributed by atoms with E-state index in [9.17, 15) is 4.79 Å². The number of rotatable bonds is 5. The van der Waals surface area contributed by atoms with Gasteiger partial charge in [-0.1, -0.05) is 31.5 Å². The summed E-state index contributed by atoms with van der Waals surface area (Å²) in [6, 6.07) is 6.16. The van der Waals surface area contributed by atoms with Crippen molar-refractivity contribution in [3.63, 3.8) is 0 Å². The number of para-hydroxylation sites is 1. The highest BCUT2D eigenvalue weighted by molar-refractivity contribution is 5.86. The number of aryl methyl sites for hydroxylation is 1. The first kappa shape index (κ1) is 12.7. The number of aromatic nitrogens is 1. The van der Waals surface area contributed by atoms with Crippen LogP contribution in [0.15, 0.2) is 24.4 Å². The van der Waals surface area contributed by atoms with Crippen LogP contribution in [0.2, 0.25) is 0 Å². The molecule has 0 fully saturated rings. The van der Waals surface area contributed by atoms with Gasteiger partial charge in [-0.05, 0) is 30.4 Å². The zero-order valence-electron chi connectivity index (χ0n) is 10.9. The molecule has 1 aromatic heterocycles. The first-order valence-electron chi connectivity index (χ1n) is 6.41. The van der Waals surface area contributed by atoms with Crippen LogP contribution in [-0.2, 0) is 4.79 Å². The van der Waals surface area contributed by atoms with Gasteiger partial charge in [0.05, 0.1) is 6.42 Å². The lowest BCUT2D eigenvalue weighted by molar-refractivity contribution is -0.137. The molecule has 0 saturated heterocycles. The van der Waals surface area contributed by atoms with Crippen molar-refractivity contribution in [3.8, 4) is 0 Å². The van der Waals surface area contributed by atoms with E-state index < -0.39 is 5.97 Å². The van der Waals surface area contributed by atoms with Gasteiger partial charge in [0.2, 0.25) is 0 Å². The second kappa shape index (κ2) is 5.25. The molecule has 1 unspecified atom stereocenters. The highest BCUT2D eigenvalue weighted by Crippen LogP contribution is 2.32. The van der Waals surface area contributed by atoms with Gasteiger partial charge in [0.25, 0.3) is 0 Å². The summed E-state index contributed by atoms with van der Waals surface area (Å²) in [7, 11) is 0. The number of benzene rings is 1. The molecule has 0 aliphatic heterocycles. The summed E-state index contributed by atoms with van der Waals surface area (Å²) in [5.41, 5.74) is 3.46. The summed E-state index contributed by atoms with van der Waals surface area (Å²) in [5.74, 6) is -0.626. The average Bonchev–Trinajstić information content (AvgIpc) is 2.73. The minimum atomic E-state index is -0.726. The van der Waals surface area contributed by atoms with Gasteiger partial charge in [0.15, 0.2) is 0 Å². The normalized spacial score (nSPS) is 12.8. The Balaban J connectivity index is 2.44. The molecule has 2 rings (SSSR count). The summed E-state index contributed by atoms with van der Waals surface area (Å²) in [6.45, 7) is 4.16. The fourth-order valence-electron chi connectivity index (χ4n) is 2.59. The van der Waals surface area contributed by atoms with Crippen LogP contribution in [0.1, 0.15) is 43.2 Å². The number of nitrogens with one attached hydrogen (secondary N) is 1. The van der Waals surface area contributed by atoms with Gasteiger partial charge in [-0.15, -0.1) is 0 Å². The SMILES string of the molecule is CCCC(CC(=O)O)c1c[nH]c2c(C)cccc12. The molecule has 3 nitrogen and oxygen atoms in total. The molecular formula is C15H19NO2. The van der Waals surface area contributed by atoms with Crippen LogP contribution in [-0.4, -0.2) is 16.1 Å². The van der Waals surface area contributed by atoms with E-state index in [1.165, 1.54) is 5.56 Å². The Labute approximate surface area is 107 Å². The van der Waals surface area contributed by atoms with E-state index in [1.807, 2.05) is 12.3 Å². The maximum absolute atomic E-state index is 11.0. The lowest BCUT2D eigenvalue weighted by Gasteiger charge is -2.13. The second-order valence-electron chi connectivity index (χ2n) is 4.82. The third-order valence-electron chi connectivity index (χ3n) is 3.45. The van der Waals surface area contributed by atoms with Crippen molar-refractivity contribution in [2.75, 3.05) is 0 Å². The Kier molecular flexibility index (Phi) is 3.70. The Hall–Kier alpha value is -1.77. The molecule has 1 atom stereocenters. The highest BCUT2D eigenvalue weighted by atomic mass is 16.4. The van der Waals surface area contributed by atoms with Crippen molar-refractivity contribution >= 4 is 16.9 Å². The minimum absolute atomic E-state index is 0.100. The molecule has 0 amide bonds. The monoisotopic (exact) mass is 245 g/mol. The van der Waals surface area contributed by atoms with Crippen molar-refractivity contribution in [2.24, 2.45) is 0 Å². The van der Waals surface area contributed by atoms with Gasteiger partial charge in [0.1, 0.15) is 0 Å². The molecule has 0 saturated carbocycles. The lowest BCUT2D eigenvalue weighted by atomic mass is 9.91. The van der Waals surface area contributed by atoms with Crippen LogP contribution in [0, 0.1) is 6.92 Å². The highest BCUT2D eigenvalue weighted by Gasteiger charge is 2.18. The van der Waals surface area contributed by atoms with Gasteiger partial charge >= 0.3 is 5.97 Å². The lowest BCUT2D eigenvalue weighted by Crippen LogP contribution is -2.05. The fraction of sp³-hybridized carbons (Fsp3) is 0.400. The Morgan fingerprint density at radius 2 is 2.22 bits per heavy atom. The molecule has 2 aromatic rings. The molecule has 0 radical (unpaired) electrons. The van der Waals surface area contributed by atoms with Crippen LogP contribution < -0.4 is 0 Å². The van der Waals surface area contributed by atoms with Crippen LogP contribution in [0.25, 0.3) is 10.9 Å². The second-order valence-corrected chi connectivity index (χ2v) is 4.82. The maximum Gasteiger partial charge on any atom is 0.303 e. The summed E-state index contributed by atoms with van der Waals surface area (Å²) in [5, 5.41) is 10.2. The molecule has 18 heavy (non-hydrogen) atoms. The van der Waals surface area contributed by atoms with E-state index in [0.717, 1.165) is 29.3 Å². The molecule has 0 spiro atoms. The number of H-pyrrole nitrogens is 1. The predicted octanol–water partition coefficient (Wildman–Crippen LogP) is 3.83. The minimum Gasteiger partial charge on any atom is -0.481 e. The van der Waals surface area contributed by atoms with Gasteiger partial charge in [-0.2, -0.15) is 0 Å². The number of hydrogen-bond donors (Lipinski definition) is 2. The number of carboxylic acid groups (broad SMARTS) is 1. The molecule has 0 aliphatic carbocycles. The van der Waals surface area contributed by atoms with E-state index in [2.05, 4.69) is 31.0 Å². The smallest absolute Gasteiger partial charge is 0.303 e. The molecule has 1 aromatic carbocycles. The summed E-state index contributed by atoms with van der Waals surface area (Å²) in [4.78, 5) is 14.2. The van der Waals surface area contributed by atoms with Gasteiger partial charge in [-0.25, -0.2) is 0 Å². The number of aliphatic carboxylic acids is 1. The first-order chi connectivity index (χ1) is 8.63. The van der Waals surface area contributed by atoms with E-state index in [0.29, 0.717) is 0 Å². The van der Waals surface area contributed by atoms with Crippen molar-refractivity contribution in [3.05, 3.63) is 35.5 Å². The topological polar surface area (TPSA) is 53.1 Å². The van der Waals surface area contributed by atoms with E-state index in [4.69, 9.17) is 5.11 Å². The number of aromatic amines is 1. The maximum atomic E-state index is 11.0. The molecule has 3 heteroatoms. The van der Waals surface area contributed by atoms with E-state index in [1.54, 1.807) is 0 Å². The summed E-state index contributed by atoms with van der Waals surface area (Å²) >= 11 is 0. The third kappa shape index (κ3) is 2.40. The van der Waals surface area contributed by atoms with E-state index in [-0.39, 0.29) is 12.3 Å².